The number of hydrogen-bond donors (Lipinski definition) is 1. The second-order valence-electron chi connectivity index (χ2n) is 6.60. The second kappa shape index (κ2) is 9.16. The molecule has 0 saturated carbocycles. The quantitative estimate of drug-likeness (QED) is 0.266. The third kappa shape index (κ3) is 5.03. The van der Waals surface area contributed by atoms with Gasteiger partial charge in [-0.25, -0.2) is 8.42 Å². The molecule has 0 aliphatic rings. The number of nitrogens with one attached hydrogen (secondary N) is 1. The second-order valence-corrected chi connectivity index (χ2v) is 10.7. The van der Waals surface area contributed by atoms with Crippen molar-refractivity contribution < 1.29 is 12.8 Å². The minimum atomic E-state index is -3.91. The Balaban J connectivity index is 1.74. The smallest absolute Gasteiger partial charge is 0.234 e. The lowest BCUT2D eigenvalue weighted by Gasteiger charge is -2.06. The van der Waals surface area contributed by atoms with Crippen molar-refractivity contribution in [3.05, 3.63) is 92.3 Å². The van der Waals surface area contributed by atoms with Crippen LogP contribution in [0.15, 0.2) is 96.1 Å². The summed E-state index contributed by atoms with van der Waals surface area (Å²) in [4.78, 5) is 4.47. The van der Waals surface area contributed by atoms with E-state index in [2.05, 4.69) is 42.2 Å². The molecule has 4 rings (SSSR count). The zero-order chi connectivity index (χ0) is 22.0. The summed E-state index contributed by atoms with van der Waals surface area (Å²) in [6.45, 7) is 0.342. The Kier molecular flexibility index (Phi) is 6.52. The van der Waals surface area contributed by atoms with E-state index in [1.807, 2.05) is 24.3 Å². The molecule has 158 valence electrons. The van der Waals surface area contributed by atoms with E-state index in [0.717, 1.165) is 14.5 Å². The zero-order valence-corrected chi connectivity index (χ0v) is 20.6. The van der Waals surface area contributed by atoms with Gasteiger partial charge in [0.2, 0.25) is 26.6 Å². The summed E-state index contributed by atoms with van der Waals surface area (Å²) >= 11 is 12.7. The fourth-order valence-corrected chi connectivity index (χ4v) is 4.76. The van der Waals surface area contributed by atoms with E-state index < -0.39 is 9.84 Å². The lowest BCUT2D eigenvalue weighted by Crippen LogP contribution is -2.07. The molecule has 0 atom stereocenters. The van der Waals surface area contributed by atoms with Gasteiger partial charge in [-0.3, -0.25) is 0 Å². The van der Waals surface area contributed by atoms with Crippen LogP contribution < -0.4 is 5.32 Å². The molecule has 1 aromatic heterocycles. The zero-order valence-electron chi connectivity index (χ0n) is 15.8. The number of hydrogen-bond acceptors (Lipinski definition) is 5. The topological polar surface area (TPSA) is 72.2 Å². The Labute approximate surface area is 201 Å². The van der Waals surface area contributed by atoms with Crippen LogP contribution in [0.3, 0.4) is 0 Å². The summed E-state index contributed by atoms with van der Waals surface area (Å²) in [6.07, 6.45) is 0. The van der Waals surface area contributed by atoms with E-state index in [0.29, 0.717) is 17.1 Å². The molecule has 3 aromatic carbocycles. The van der Waals surface area contributed by atoms with Crippen LogP contribution in [0.1, 0.15) is 5.56 Å². The van der Waals surface area contributed by atoms with Crippen LogP contribution in [-0.4, -0.2) is 13.4 Å². The first-order valence-corrected chi connectivity index (χ1v) is 12.5. The molecule has 4 aromatic rings. The van der Waals surface area contributed by atoms with Crippen molar-refractivity contribution in [1.82, 2.24) is 4.98 Å². The van der Waals surface area contributed by atoms with Gasteiger partial charge in [0, 0.05) is 26.1 Å². The maximum Gasteiger partial charge on any atom is 0.234 e. The van der Waals surface area contributed by atoms with Crippen LogP contribution in [-0.2, 0) is 16.4 Å². The molecule has 0 radical (unpaired) electrons. The van der Waals surface area contributed by atoms with Gasteiger partial charge in [-0.15, -0.1) is 0 Å². The van der Waals surface area contributed by atoms with E-state index in [9.17, 15) is 8.42 Å². The molecule has 1 heterocycles. The number of nitrogens with zero attached hydrogens (tertiary/aromatic N) is 1. The van der Waals surface area contributed by atoms with Crippen molar-refractivity contribution in [2.45, 2.75) is 16.5 Å². The molecule has 5 nitrogen and oxygen atoms in total. The molecule has 0 aliphatic carbocycles. The van der Waals surface area contributed by atoms with Crippen LogP contribution in [0, 0.1) is 0 Å². The average Bonchev–Trinajstić information content (AvgIpc) is 3.19. The van der Waals surface area contributed by atoms with Gasteiger partial charge < -0.3 is 9.73 Å². The van der Waals surface area contributed by atoms with E-state index in [1.54, 1.807) is 36.4 Å². The summed E-state index contributed by atoms with van der Waals surface area (Å²) in [5, 5.41) is 3.53. The molecule has 31 heavy (non-hydrogen) atoms. The summed E-state index contributed by atoms with van der Waals surface area (Å²) in [7, 11) is -3.91. The normalized spacial score (nSPS) is 11.5. The van der Waals surface area contributed by atoms with Gasteiger partial charge in [0.05, 0.1) is 4.90 Å². The fraction of sp³-hybridized carbons (Fsp3) is 0.0455. The summed E-state index contributed by atoms with van der Waals surface area (Å²) in [5.74, 6) is 0.289. The molecular weight excluding hydrogens is 568 g/mol. The van der Waals surface area contributed by atoms with E-state index >= 15 is 0 Å². The van der Waals surface area contributed by atoms with Crippen LogP contribution >= 0.6 is 43.5 Å². The third-order valence-corrected chi connectivity index (χ3v) is 7.42. The molecule has 0 spiro atoms. The first-order chi connectivity index (χ1) is 14.8. The molecule has 1 N–H and O–H groups in total. The number of benzene rings is 3. The number of oxazole rings is 1. The van der Waals surface area contributed by atoms with Gasteiger partial charge in [-0.2, -0.15) is 4.98 Å². The number of aromatic nitrogens is 1. The first-order valence-electron chi connectivity index (χ1n) is 9.09. The SMILES string of the molecule is O=S(=O)(c1ccc(Br)cc1)c1nc(-c2ccc(Br)cc2)oc1NCc1ccc(Cl)cc1. The molecule has 0 unspecified atom stereocenters. The van der Waals surface area contributed by atoms with Crippen LogP contribution in [0.2, 0.25) is 5.02 Å². The van der Waals surface area contributed by atoms with E-state index in [-0.39, 0.29) is 21.7 Å². The summed E-state index contributed by atoms with van der Waals surface area (Å²) in [6, 6.07) is 20.9. The van der Waals surface area contributed by atoms with Crippen LogP contribution in [0.5, 0.6) is 0 Å². The summed E-state index contributed by atoms with van der Waals surface area (Å²) in [5.41, 5.74) is 1.58. The molecule has 9 heteroatoms. The van der Waals surface area contributed by atoms with Crippen molar-refractivity contribution in [2.24, 2.45) is 0 Å². The summed E-state index contributed by atoms with van der Waals surface area (Å²) < 4.78 is 34.2. The lowest BCUT2D eigenvalue weighted by molar-refractivity contribution is 0.576. The van der Waals surface area contributed by atoms with Gasteiger partial charge >= 0.3 is 0 Å². The van der Waals surface area contributed by atoms with Gasteiger partial charge in [0.25, 0.3) is 0 Å². The molecule has 0 saturated heterocycles. The van der Waals surface area contributed by atoms with Gasteiger partial charge in [0.1, 0.15) is 0 Å². The van der Waals surface area contributed by atoms with Crippen molar-refractivity contribution in [2.75, 3.05) is 5.32 Å². The Hall–Kier alpha value is -2.13. The third-order valence-electron chi connectivity index (χ3n) is 4.43. The van der Waals surface area contributed by atoms with Crippen molar-refractivity contribution >= 4 is 59.2 Å². The molecular formula is C22H15Br2ClN2O3S. The van der Waals surface area contributed by atoms with Crippen LogP contribution in [0.25, 0.3) is 11.5 Å². The highest BCUT2D eigenvalue weighted by molar-refractivity contribution is 9.10. The Morgan fingerprint density at radius 1 is 0.871 bits per heavy atom. The maximum atomic E-state index is 13.3. The monoisotopic (exact) mass is 580 g/mol. The minimum Gasteiger partial charge on any atom is -0.419 e. The van der Waals surface area contributed by atoms with E-state index in [1.165, 1.54) is 12.1 Å². The fourth-order valence-electron chi connectivity index (χ4n) is 2.83. The molecule has 0 amide bonds. The molecule has 0 aliphatic heterocycles. The van der Waals surface area contributed by atoms with Crippen molar-refractivity contribution in [1.29, 1.82) is 0 Å². The van der Waals surface area contributed by atoms with Gasteiger partial charge in [0.15, 0.2) is 0 Å². The van der Waals surface area contributed by atoms with Crippen molar-refractivity contribution in [3.8, 4) is 11.5 Å². The first kappa shape index (κ1) is 22.1. The van der Waals surface area contributed by atoms with E-state index in [4.69, 9.17) is 16.0 Å². The predicted molar refractivity (Wildman–Crippen MR) is 128 cm³/mol. The van der Waals surface area contributed by atoms with Crippen LogP contribution in [0.4, 0.5) is 5.88 Å². The highest BCUT2D eigenvalue weighted by atomic mass is 79.9. The average molecular weight is 583 g/mol. The van der Waals surface area contributed by atoms with Gasteiger partial charge in [-0.05, 0) is 66.2 Å². The minimum absolute atomic E-state index is 0.0794. The maximum absolute atomic E-state index is 13.3. The number of halogens is 3. The lowest BCUT2D eigenvalue weighted by atomic mass is 10.2. The Bertz CT molecular complexity index is 1300. The highest BCUT2D eigenvalue weighted by Crippen LogP contribution is 2.33. The standard InChI is InChI=1S/C22H15Br2ClN2O3S/c23-16-5-3-15(4-6-16)20-27-22(31(28,29)19-11-7-17(24)8-12-19)21(30-20)26-13-14-1-9-18(25)10-2-14/h1-12,26H,13H2. The Morgan fingerprint density at radius 2 is 1.45 bits per heavy atom. The Morgan fingerprint density at radius 3 is 2.06 bits per heavy atom. The highest BCUT2D eigenvalue weighted by Gasteiger charge is 2.28. The number of anilines is 1. The number of rotatable bonds is 6. The van der Waals surface area contributed by atoms with Gasteiger partial charge in [-0.1, -0.05) is 55.6 Å². The number of sulfone groups is 1. The van der Waals surface area contributed by atoms with Crippen molar-refractivity contribution in [3.63, 3.8) is 0 Å². The molecule has 0 fully saturated rings. The predicted octanol–water partition coefficient (Wildman–Crippen LogP) is 6.96. The largest absolute Gasteiger partial charge is 0.419 e. The molecule has 0 bridgehead atoms.